The first-order valence-electron chi connectivity index (χ1n) is 11.2. The molecule has 0 aliphatic carbocycles. The molecule has 0 radical (unpaired) electrons. The van der Waals surface area contributed by atoms with Gasteiger partial charge in [-0.2, -0.15) is 0 Å². The Morgan fingerprint density at radius 3 is 2.48 bits per heavy atom. The van der Waals surface area contributed by atoms with E-state index >= 15 is 0 Å². The number of nitrogen functional groups attached to an aromatic ring is 1. The van der Waals surface area contributed by atoms with Gasteiger partial charge in [-0.3, -0.25) is 9.47 Å². The van der Waals surface area contributed by atoms with Crippen LogP contribution in [-0.2, 0) is 31.9 Å². The van der Waals surface area contributed by atoms with Crippen LogP contribution < -0.4 is 5.73 Å². The molecule has 2 N–H and O–H groups in total. The zero-order chi connectivity index (χ0) is 22.6. The van der Waals surface area contributed by atoms with E-state index in [9.17, 15) is 0 Å². The quantitative estimate of drug-likeness (QED) is 0.573. The van der Waals surface area contributed by atoms with Crippen LogP contribution in [0.3, 0.4) is 0 Å². The van der Waals surface area contributed by atoms with Gasteiger partial charge in [-0.1, -0.05) is 0 Å². The lowest BCUT2D eigenvalue weighted by Crippen LogP contribution is -2.58. The van der Waals surface area contributed by atoms with Crippen LogP contribution in [0.15, 0.2) is 12.7 Å². The van der Waals surface area contributed by atoms with Gasteiger partial charge < -0.3 is 37.6 Å². The SMILES string of the molecule is CC1(C)O[C@@H]2[C@H](O1)[C@@H](CO[Si]13OCCN(CCO1)CCO3)O[C@H]2n1cnc2c(N)ncnc21. The Labute approximate surface area is 191 Å². The number of imidazole rings is 1. The van der Waals surface area contributed by atoms with Gasteiger partial charge in [-0.15, -0.1) is 0 Å². The first-order valence-corrected chi connectivity index (χ1v) is 12.8. The second-order valence-corrected chi connectivity index (χ2v) is 11.1. The van der Waals surface area contributed by atoms with Gasteiger partial charge in [0.05, 0.1) is 32.8 Å². The number of rotatable bonds is 4. The largest absolute Gasteiger partial charge is 0.679 e. The van der Waals surface area contributed by atoms with E-state index in [2.05, 4.69) is 19.9 Å². The summed E-state index contributed by atoms with van der Waals surface area (Å²) in [4.78, 5) is 15.0. The summed E-state index contributed by atoms with van der Waals surface area (Å²) in [6.07, 6.45) is 1.29. The third kappa shape index (κ3) is 3.94. The lowest BCUT2D eigenvalue weighted by molar-refractivity contribution is -0.201. The Balaban J connectivity index is 1.24. The van der Waals surface area contributed by atoms with E-state index in [4.69, 9.17) is 37.6 Å². The smallest absolute Gasteiger partial charge is 0.382 e. The maximum absolute atomic E-state index is 6.39. The number of anilines is 1. The summed E-state index contributed by atoms with van der Waals surface area (Å²) in [5, 5.41) is 0. The van der Waals surface area contributed by atoms with E-state index in [1.807, 2.05) is 13.8 Å². The molecule has 33 heavy (non-hydrogen) atoms. The third-order valence-corrected chi connectivity index (χ3v) is 8.46. The fraction of sp³-hybridized carbons (Fsp3) is 0.737. The van der Waals surface area contributed by atoms with E-state index in [0.717, 1.165) is 19.6 Å². The van der Waals surface area contributed by atoms with E-state index in [1.54, 1.807) is 10.9 Å². The molecular weight excluding hydrogens is 452 g/mol. The molecule has 0 saturated carbocycles. The van der Waals surface area contributed by atoms with Gasteiger partial charge in [0.1, 0.15) is 30.2 Å². The number of ether oxygens (including phenoxy) is 3. The molecule has 2 aromatic rings. The van der Waals surface area contributed by atoms with Crippen LogP contribution in [-0.4, -0.2) is 104 Å². The summed E-state index contributed by atoms with van der Waals surface area (Å²) in [6.45, 7) is 7.94. The molecule has 2 bridgehead atoms. The first-order chi connectivity index (χ1) is 15.9. The maximum Gasteiger partial charge on any atom is 0.679 e. The van der Waals surface area contributed by atoms with E-state index in [-0.39, 0.29) is 12.7 Å². The highest BCUT2D eigenvalue weighted by molar-refractivity contribution is 6.53. The number of aromatic nitrogens is 4. The fourth-order valence-electron chi connectivity index (χ4n) is 4.74. The van der Waals surface area contributed by atoms with Crippen molar-refractivity contribution in [1.29, 1.82) is 0 Å². The minimum atomic E-state index is -3.27. The highest BCUT2D eigenvalue weighted by atomic mass is 28.4. The molecule has 0 aromatic carbocycles. The van der Waals surface area contributed by atoms with Crippen LogP contribution in [0.1, 0.15) is 20.1 Å². The zero-order valence-corrected chi connectivity index (χ0v) is 19.6. The molecule has 7 rings (SSSR count). The Morgan fingerprint density at radius 2 is 1.76 bits per heavy atom. The van der Waals surface area contributed by atoms with E-state index in [0.29, 0.717) is 36.8 Å². The van der Waals surface area contributed by atoms with Crippen molar-refractivity contribution in [1.82, 2.24) is 24.4 Å². The van der Waals surface area contributed by atoms with Gasteiger partial charge in [0, 0.05) is 19.6 Å². The van der Waals surface area contributed by atoms with Gasteiger partial charge in [-0.05, 0) is 13.8 Å². The maximum atomic E-state index is 6.39. The molecule has 13 nitrogen and oxygen atoms in total. The highest BCUT2D eigenvalue weighted by Crippen LogP contribution is 2.44. The number of hydrogen-bond acceptors (Lipinski definition) is 12. The lowest BCUT2D eigenvalue weighted by Gasteiger charge is -2.37. The van der Waals surface area contributed by atoms with Crippen LogP contribution in [0, 0.1) is 0 Å². The molecule has 0 spiro atoms. The lowest BCUT2D eigenvalue weighted by atomic mass is 10.1. The van der Waals surface area contributed by atoms with Crippen molar-refractivity contribution in [3.63, 3.8) is 0 Å². The van der Waals surface area contributed by atoms with Crippen LogP contribution >= 0.6 is 0 Å². The van der Waals surface area contributed by atoms with Gasteiger partial charge in [0.25, 0.3) is 0 Å². The van der Waals surface area contributed by atoms with Crippen LogP contribution in [0.4, 0.5) is 5.82 Å². The van der Waals surface area contributed by atoms with Gasteiger partial charge in [0.2, 0.25) is 0 Å². The second kappa shape index (κ2) is 8.18. The highest BCUT2D eigenvalue weighted by Gasteiger charge is 2.58. The molecule has 7 heterocycles. The predicted molar refractivity (Wildman–Crippen MR) is 113 cm³/mol. The third-order valence-electron chi connectivity index (χ3n) is 6.27. The normalized spacial score (nSPS) is 38.2. The molecule has 180 valence electrons. The molecule has 5 fully saturated rings. The van der Waals surface area contributed by atoms with E-state index in [1.165, 1.54) is 6.33 Å². The van der Waals surface area contributed by atoms with Gasteiger partial charge in [-0.25, -0.2) is 15.0 Å². The minimum absolute atomic E-state index is 0.177. The van der Waals surface area contributed by atoms with Crippen molar-refractivity contribution in [3.05, 3.63) is 12.7 Å². The van der Waals surface area contributed by atoms with E-state index < -0.39 is 33.3 Å². The van der Waals surface area contributed by atoms with Crippen molar-refractivity contribution in [3.8, 4) is 0 Å². The Morgan fingerprint density at radius 1 is 1.06 bits per heavy atom. The van der Waals surface area contributed by atoms with Crippen molar-refractivity contribution in [2.24, 2.45) is 0 Å². The van der Waals surface area contributed by atoms with Crippen LogP contribution in [0.25, 0.3) is 11.2 Å². The number of nitrogens with zero attached hydrogens (tertiary/aromatic N) is 5. The number of nitrogens with two attached hydrogens (primary N) is 1. The molecule has 14 heteroatoms. The summed E-state index contributed by atoms with van der Waals surface area (Å²) in [5.41, 5.74) is 7.04. The van der Waals surface area contributed by atoms with Crippen molar-refractivity contribution >= 4 is 26.0 Å². The Bertz CT molecular complexity index is 997. The molecule has 0 amide bonds. The average Bonchev–Trinajstić information content (AvgIpc) is 3.38. The topological polar surface area (TPSA) is 137 Å². The summed E-state index contributed by atoms with van der Waals surface area (Å²) < 4.78 is 44.8. The van der Waals surface area contributed by atoms with Crippen molar-refractivity contribution in [2.45, 2.75) is 44.2 Å². The predicted octanol–water partition coefficient (Wildman–Crippen LogP) is -0.343. The number of hydrogen-bond donors (Lipinski definition) is 1. The Hall–Kier alpha value is -1.75. The molecular formula is C19H28N6O7Si. The van der Waals surface area contributed by atoms with Crippen LogP contribution in [0.2, 0.25) is 0 Å². The standard InChI is InChI=1S/C19H28N6O7Si/c1-19(2)31-14-12(9-29-33-26-6-3-24(4-7-27-33)5-8-28-33)30-18(15(14)32-19)25-11-23-13-16(20)21-10-22-17(13)25/h10-12,14-15,18H,3-9H2,1-2H3,(H2,20,21,22)/t12-,14-,15-,18-/m1/s1. The minimum Gasteiger partial charge on any atom is -0.382 e. The summed E-state index contributed by atoms with van der Waals surface area (Å²) >= 11 is 0. The van der Waals surface area contributed by atoms with Gasteiger partial charge >= 0.3 is 9.05 Å². The molecule has 5 aliphatic rings. The average molecular weight is 481 g/mol. The summed E-state index contributed by atoms with van der Waals surface area (Å²) in [5.74, 6) is -0.468. The van der Waals surface area contributed by atoms with Gasteiger partial charge in [0.15, 0.2) is 23.5 Å². The molecule has 5 aliphatic heterocycles. The second-order valence-electron chi connectivity index (χ2n) is 8.91. The molecule has 2 aromatic heterocycles. The molecule has 0 unspecified atom stereocenters. The monoisotopic (exact) mass is 480 g/mol. The molecule has 4 atom stereocenters. The number of fused-ring (bicyclic) bond motifs is 8. The summed E-state index contributed by atoms with van der Waals surface area (Å²) in [7, 11) is -3.27. The Kier molecular flexibility index (Phi) is 5.39. The molecule has 5 saturated heterocycles. The fourth-order valence-corrected chi connectivity index (χ4v) is 6.63. The first kappa shape index (κ1) is 21.8. The van der Waals surface area contributed by atoms with Crippen molar-refractivity contribution in [2.75, 3.05) is 51.8 Å². The summed E-state index contributed by atoms with van der Waals surface area (Å²) in [6, 6.07) is 0. The zero-order valence-electron chi connectivity index (χ0n) is 18.6. The van der Waals surface area contributed by atoms with Crippen LogP contribution in [0.5, 0.6) is 0 Å². The van der Waals surface area contributed by atoms with Crippen molar-refractivity contribution < 1.29 is 31.9 Å².